The summed E-state index contributed by atoms with van der Waals surface area (Å²) in [5.74, 6) is 1.37. The molecule has 1 aromatic heterocycles. The number of aliphatic hydroxyl groups is 1. The monoisotopic (exact) mass is 319 g/mol. The summed E-state index contributed by atoms with van der Waals surface area (Å²) in [6.07, 6.45) is 8.54. The second-order valence-electron chi connectivity index (χ2n) is 7.27. The molecule has 23 heavy (non-hydrogen) atoms. The van der Waals surface area contributed by atoms with Gasteiger partial charge >= 0.3 is 0 Å². The summed E-state index contributed by atoms with van der Waals surface area (Å²) >= 11 is 0. The summed E-state index contributed by atoms with van der Waals surface area (Å²) in [6.45, 7) is 3.07. The first-order valence-corrected chi connectivity index (χ1v) is 8.74. The number of carbonyl (C=O) groups is 1. The molecule has 3 aliphatic rings. The van der Waals surface area contributed by atoms with E-state index in [1.807, 2.05) is 15.7 Å². The minimum absolute atomic E-state index is 0.0943. The van der Waals surface area contributed by atoms with Crippen LogP contribution in [0, 0.1) is 17.8 Å². The van der Waals surface area contributed by atoms with Gasteiger partial charge in [0.1, 0.15) is 0 Å². The van der Waals surface area contributed by atoms with Crippen LogP contribution in [0.5, 0.6) is 0 Å². The maximum atomic E-state index is 12.7. The van der Waals surface area contributed by atoms with Crippen molar-refractivity contribution in [2.75, 3.05) is 26.3 Å². The third-order valence-electron chi connectivity index (χ3n) is 5.90. The van der Waals surface area contributed by atoms with Gasteiger partial charge in [-0.05, 0) is 37.5 Å². The molecule has 1 aliphatic carbocycles. The number of rotatable bonds is 2. The number of hydrogen-bond donors (Lipinski definition) is 1. The van der Waals surface area contributed by atoms with Gasteiger partial charge in [0.2, 0.25) is 5.91 Å². The van der Waals surface area contributed by atoms with E-state index in [4.69, 9.17) is 4.74 Å². The van der Waals surface area contributed by atoms with Gasteiger partial charge in [-0.15, -0.1) is 0 Å². The fraction of sp³-hybridized carbons (Fsp3) is 0.765. The maximum absolute atomic E-state index is 12.7. The van der Waals surface area contributed by atoms with E-state index in [1.165, 1.54) is 0 Å². The highest BCUT2D eigenvalue weighted by Crippen LogP contribution is 2.41. The van der Waals surface area contributed by atoms with E-state index in [9.17, 15) is 9.90 Å². The quantitative estimate of drug-likeness (QED) is 0.886. The van der Waals surface area contributed by atoms with E-state index in [2.05, 4.69) is 4.98 Å². The second-order valence-corrected chi connectivity index (χ2v) is 7.27. The van der Waals surface area contributed by atoms with Crippen molar-refractivity contribution in [3.63, 3.8) is 0 Å². The number of aromatic nitrogens is 2. The van der Waals surface area contributed by atoms with Gasteiger partial charge in [-0.1, -0.05) is 0 Å². The summed E-state index contributed by atoms with van der Waals surface area (Å²) in [5.41, 5.74) is 0. The number of imidazole rings is 1. The standard InChI is InChI=1S/C17H25N3O3/c21-16-8-14-10-20(17(22)12-1-5-23-6-2-12)9-13(14)7-15(16)19-4-3-18-11-19/h3-4,11-16,21H,1-2,5-10H2/t13-,14+,15-,16-/m1/s1. The number of nitrogens with zero attached hydrogens (tertiary/aromatic N) is 3. The van der Waals surface area contributed by atoms with Crippen LogP contribution in [0.1, 0.15) is 31.7 Å². The summed E-state index contributed by atoms with van der Waals surface area (Å²) < 4.78 is 7.38. The van der Waals surface area contributed by atoms with Gasteiger partial charge in [0.15, 0.2) is 0 Å². The molecule has 4 rings (SSSR count). The molecule has 0 spiro atoms. The zero-order valence-corrected chi connectivity index (χ0v) is 13.4. The molecule has 6 nitrogen and oxygen atoms in total. The Morgan fingerprint density at radius 3 is 2.61 bits per heavy atom. The van der Waals surface area contributed by atoms with Crippen molar-refractivity contribution in [3.05, 3.63) is 18.7 Å². The number of carbonyl (C=O) groups excluding carboxylic acids is 1. The average Bonchev–Trinajstić information content (AvgIpc) is 3.23. The van der Waals surface area contributed by atoms with E-state index in [0.717, 1.165) is 38.8 Å². The lowest BCUT2D eigenvalue weighted by Crippen LogP contribution is -2.37. The Bertz CT molecular complexity index is 541. The van der Waals surface area contributed by atoms with Crippen molar-refractivity contribution in [2.45, 2.75) is 37.8 Å². The van der Waals surface area contributed by atoms with E-state index in [0.29, 0.717) is 31.0 Å². The van der Waals surface area contributed by atoms with Gasteiger partial charge in [0.05, 0.1) is 18.5 Å². The molecule has 1 saturated carbocycles. The lowest BCUT2D eigenvalue weighted by Gasteiger charge is -2.35. The zero-order valence-electron chi connectivity index (χ0n) is 13.4. The van der Waals surface area contributed by atoms with Crippen molar-refractivity contribution in [3.8, 4) is 0 Å². The molecule has 1 aromatic rings. The Balaban J connectivity index is 1.42. The second kappa shape index (κ2) is 6.24. The Hall–Kier alpha value is -1.40. The summed E-state index contributed by atoms with van der Waals surface area (Å²) in [4.78, 5) is 18.9. The number of amides is 1. The van der Waals surface area contributed by atoms with Crippen LogP contribution >= 0.6 is 0 Å². The Morgan fingerprint density at radius 1 is 1.17 bits per heavy atom. The van der Waals surface area contributed by atoms with Gasteiger partial charge < -0.3 is 19.3 Å². The molecular weight excluding hydrogens is 294 g/mol. The minimum atomic E-state index is -0.344. The molecule has 1 N–H and O–H groups in total. The van der Waals surface area contributed by atoms with E-state index >= 15 is 0 Å². The van der Waals surface area contributed by atoms with Crippen molar-refractivity contribution >= 4 is 5.91 Å². The molecule has 126 valence electrons. The molecule has 0 bridgehead atoms. The number of ether oxygens (including phenoxy) is 1. The number of fused-ring (bicyclic) bond motifs is 1. The molecule has 1 amide bonds. The third-order valence-corrected chi connectivity index (χ3v) is 5.90. The number of hydrogen-bond acceptors (Lipinski definition) is 4. The van der Waals surface area contributed by atoms with Gasteiger partial charge in [-0.2, -0.15) is 0 Å². The third kappa shape index (κ3) is 2.90. The van der Waals surface area contributed by atoms with Crippen molar-refractivity contribution in [2.24, 2.45) is 17.8 Å². The van der Waals surface area contributed by atoms with E-state index in [-0.39, 0.29) is 18.1 Å². The summed E-state index contributed by atoms with van der Waals surface area (Å²) in [6, 6.07) is 0.0943. The fourth-order valence-electron chi connectivity index (χ4n) is 4.58. The largest absolute Gasteiger partial charge is 0.391 e. The van der Waals surface area contributed by atoms with Crippen LogP contribution in [-0.4, -0.2) is 57.9 Å². The Labute approximate surface area is 136 Å². The molecule has 3 fully saturated rings. The number of likely N-dealkylation sites (tertiary alicyclic amines) is 1. The normalized spacial score (nSPS) is 35.3. The summed E-state index contributed by atoms with van der Waals surface area (Å²) in [5, 5.41) is 10.5. The predicted molar refractivity (Wildman–Crippen MR) is 83.6 cm³/mol. The van der Waals surface area contributed by atoms with Gasteiger partial charge in [-0.3, -0.25) is 4.79 Å². The molecule has 0 unspecified atom stereocenters. The highest BCUT2D eigenvalue weighted by atomic mass is 16.5. The topological polar surface area (TPSA) is 67.6 Å². The van der Waals surface area contributed by atoms with Crippen LogP contribution in [0.4, 0.5) is 0 Å². The SMILES string of the molecule is O=C(C1CCOCC1)N1C[C@H]2C[C@@H](n3ccnc3)[C@H](O)C[C@H]2C1. The van der Waals surface area contributed by atoms with Crippen LogP contribution in [0.25, 0.3) is 0 Å². The first-order valence-electron chi connectivity index (χ1n) is 8.74. The Morgan fingerprint density at radius 2 is 1.91 bits per heavy atom. The van der Waals surface area contributed by atoms with Gasteiger partial charge in [0.25, 0.3) is 0 Å². The van der Waals surface area contributed by atoms with Gasteiger partial charge in [0, 0.05) is 44.6 Å². The van der Waals surface area contributed by atoms with E-state index in [1.54, 1.807) is 12.5 Å². The van der Waals surface area contributed by atoms with Crippen molar-refractivity contribution in [1.29, 1.82) is 0 Å². The average molecular weight is 319 g/mol. The van der Waals surface area contributed by atoms with Crippen LogP contribution in [-0.2, 0) is 9.53 Å². The summed E-state index contributed by atoms with van der Waals surface area (Å²) in [7, 11) is 0. The lowest BCUT2D eigenvalue weighted by atomic mass is 9.77. The molecule has 4 atom stereocenters. The van der Waals surface area contributed by atoms with Gasteiger partial charge in [-0.25, -0.2) is 4.98 Å². The van der Waals surface area contributed by atoms with Crippen LogP contribution in [0.3, 0.4) is 0 Å². The molecule has 0 radical (unpaired) electrons. The van der Waals surface area contributed by atoms with E-state index < -0.39 is 0 Å². The molecule has 6 heteroatoms. The zero-order chi connectivity index (χ0) is 15.8. The maximum Gasteiger partial charge on any atom is 0.225 e. The Kier molecular flexibility index (Phi) is 4.11. The molecule has 0 aromatic carbocycles. The highest BCUT2D eigenvalue weighted by Gasteiger charge is 2.44. The smallest absolute Gasteiger partial charge is 0.225 e. The fourth-order valence-corrected chi connectivity index (χ4v) is 4.58. The first-order chi connectivity index (χ1) is 11.2. The molecule has 3 heterocycles. The van der Waals surface area contributed by atoms with Crippen LogP contribution in [0.15, 0.2) is 18.7 Å². The molecule has 2 saturated heterocycles. The molecule has 2 aliphatic heterocycles. The van der Waals surface area contributed by atoms with Crippen molar-refractivity contribution in [1.82, 2.24) is 14.5 Å². The van der Waals surface area contributed by atoms with Crippen LogP contribution < -0.4 is 0 Å². The highest BCUT2D eigenvalue weighted by molar-refractivity contribution is 5.79. The predicted octanol–water partition coefficient (Wildman–Crippen LogP) is 1.08. The number of aliphatic hydroxyl groups excluding tert-OH is 1. The van der Waals surface area contributed by atoms with Crippen molar-refractivity contribution < 1.29 is 14.6 Å². The minimum Gasteiger partial charge on any atom is -0.391 e. The van der Waals surface area contributed by atoms with Crippen LogP contribution in [0.2, 0.25) is 0 Å². The first kappa shape index (κ1) is 15.1. The molecular formula is C17H25N3O3. The lowest BCUT2D eigenvalue weighted by molar-refractivity contribution is -0.137.